The second kappa shape index (κ2) is 6.02. The van der Waals surface area contributed by atoms with Gasteiger partial charge in [-0.15, -0.1) is 0 Å². The summed E-state index contributed by atoms with van der Waals surface area (Å²) in [5.41, 5.74) is 6.58. The topological polar surface area (TPSA) is 92.1 Å². The first-order chi connectivity index (χ1) is 9.07. The summed E-state index contributed by atoms with van der Waals surface area (Å²) in [5, 5.41) is 6.71. The molecule has 1 aliphatic heterocycles. The summed E-state index contributed by atoms with van der Waals surface area (Å²) in [5.74, 6) is 0. The van der Waals surface area contributed by atoms with Gasteiger partial charge in [0, 0.05) is 19.6 Å². The normalized spacial score (nSPS) is 19.1. The van der Waals surface area contributed by atoms with Crippen molar-refractivity contribution in [2.24, 2.45) is 5.73 Å². The van der Waals surface area contributed by atoms with Crippen LogP contribution in [0.5, 0.6) is 0 Å². The minimum Gasteiger partial charge on any atom is -0.325 e. The second-order valence-electron chi connectivity index (χ2n) is 5.00. The molecule has 0 amide bonds. The molecule has 0 unspecified atom stereocenters. The van der Waals surface area contributed by atoms with Gasteiger partial charge in [-0.1, -0.05) is 19.3 Å². The maximum atomic E-state index is 12.7. The average Bonchev–Trinajstić information content (AvgIpc) is 2.70. The lowest BCUT2D eigenvalue weighted by Crippen LogP contribution is -2.34. The van der Waals surface area contributed by atoms with Crippen molar-refractivity contribution < 1.29 is 8.42 Å². The van der Waals surface area contributed by atoms with E-state index in [-0.39, 0.29) is 11.4 Å². The molecular weight excluding hydrogens is 264 g/mol. The maximum absolute atomic E-state index is 12.7. The number of aryl methyl sites for hydroxylation is 1. The lowest BCUT2D eigenvalue weighted by atomic mass is 10.1. The number of hydrogen-bond donors (Lipinski definition) is 2. The van der Waals surface area contributed by atoms with E-state index in [2.05, 4.69) is 10.2 Å². The first-order valence-corrected chi connectivity index (χ1v) is 8.25. The number of rotatable bonds is 3. The molecule has 0 bridgehead atoms. The zero-order valence-electron chi connectivity index (χ0n) is 11.4. The number of sulfonamides is 1. The molecule has 1 fully saturated rings. The van der Waals surface area contributed by atoms with E-state index >= 15 is 0 Å². The Kier molecular flexibility index (Phi) is 4.59. The van der Waals surface area contributed by atoms with E-state index in [9.17, 15) is 8.42 Å². The van der Waals surface area contributed by atoms with Gasteiger partial charge in [-0.3, -0.25) is 5.10 Å². The fourth-order valence-electron chi connectivity index (χ4n) is 2.54. The molecule has 0 saturated carbocycles. The summed E-state index contributed by atoms with van der Waals surface area (Å²) in [6.45, 7) is 3.05. The third-order valence-electron chi connectivity index (χ3n) is 3.57. The van der Waals surface area contributed by atoms with Crippen molar-refractivity contribution in [3.63, 3.8) is 0 Å². The Morgan fingerprint density at radius 2 is 1.79 bits per heavy atom. The molecular formula is C12H22N4O2S. The van der Waals surface area contributed by atoms with E-state index in [0.29, 0.717) is 24.5 Å². The van der Waals surface area contributed by atoms with Crippen molar-refractivity contribution in [1.82, 2.24) is 14.5 Å². The largest absolute Gasteiger partial charge is 0.325 e. The van der Waals surface area contributed by atoms with E-state index in [1.54, 1.807) is 11.2 Å². The number of nitrogens with two attached hydrogens (primary N) is 1. The highest BCUT2D eigenvalue weighted by Gasteiger charge is 2.30. The molecule has 3 N–H and O–H groups in total. The fraction of sp³-hybridized carbons (Fsp3) is 0.750. The van der Waals surface area contributed by atoms with Gasteiger partial charge in [-0.25, -0.2) is 8.42 Å². The lowest BCUT2D eigenvalue weighted by molar-refractivity contribution is 0.363. The first kappa shape index (κ1) is 14.5. The van der Waals surface area contributed by atoms with Crippen LogP contribution in [0.2, 0.25) is 0 Å². The van der Waals surface area contributed by atoms with Gasteiger partial charge in [-0.2, -0.15) is 9.40 Å². The molecule has 7 heteroatoms. The van der Waals surface area contributed by atoms with Crippen LogP contribution in [0.4, 0.5) is 0 Å². The van der Waals surface area contributed by atoms with Gasteiger partial charge in [0.2, 0.25) is 10.0 Å². The zero-order valence-corrected chi connectivity index (χ0v) is 12.2. The van der Waals surface area contributed by atoms with Crippen LogP contribution in [-0.4, -0.2) is 36.0 Å². The van der Waals surface area contributed by atoms with E-state index in [1.807, 2.05) is 0 Å². The highest BCUT2D eigenvalue weighted by Crippen LogP contribution is 2.24. The molecule has 2 heterocycles. The van der Waals surface area contributed by atoms with Crippen molar-refractivity contribution >= 4 is 10.0 Å². The number of aromatic amines is 1. The Hall–Kier alpha value is -0.920. The molecule has 0 atom stereocenters. The predicted molar refractivity (Wildman–Crippen MR) is 73.1 cm³/mol. The maximum Gasteiger partial charge on any atom is 0.246 e. The minimum atomic E-state index is -3.47. The standard InChI is InChI=1S/C12H22N4O2S/c1-10-12(11(9-13)15-14-10)19(17,18)16-7-5-3-2-4-6-8-16/h2-9,13H2,1H3,(H,14,15). The van der Waals surface area contributed by atoms with E-state index in [0.717, 1.165) is 25.7 Å². The van der Waals surface area contributed by atoms with Crippen LogP contribution in [-0.2, 0) is 16.6 Å². The molecule has 1 aromatic heterocycles. The summed E-state index contributed by atoms with van der Waals surface area (Å²) in [6.07, 6.45) is 5.25. The molecule has 108 valence electrons. The number of aromatic nitrogens is 2. The Morgan fingerprint density at radius 1 is 1.21 bits per heavy atom. The summed E-state index contributed by atoms with van der Waals surface area (Å²) in [6, 6.07) is 0. The molecule has 0 spiro atoms. The number of H-pyrrole nitrogens is 1. The summed E-state index contributed by atoms with van der Waals surface area (Å²) in [4.78, 5) is 0.274. The smallest absolute Gasteiger partial charge is 0.246 e. The quantitative estimate of drug-likeness (QED) is 0.871. The van der Waals surface area contributed by atoms with Crippen LogP contribution in [0.15, 0.2) is 4.90 Å². The average molecular weight is 286 g/mol. The van der Waals surface area contributed by atoms with Gasteiger partial charge >= 0.3 is 0 Å². The fourth-order valence-corrected chi connectivity index (χ4v) is 4.39. The van der Waals surface area contributed by atoms with Crippen molar-refractivity contribution in [2.45, 2.75) is 50.5 Å². The molecule has 19 heavy (non-hydrogen) atoms. The second-order valence-corrected chi connectivity index (χ2v) is 6.88. The molecule has 0 aromatic carbocycles. The van der Waals surface area contributed by atoms with E-state index < -0.39 is 10.0 Å². The third-order valence-corrected chi connectivity index (χ3v) is 5.67. The van der Waals surface area contributed by atoms with Gasteiger partial charge in [0.25, 0.3) is 0 Å². The number of nitrogens with zero attached hydrogens (tertiary/aromatic N) is 2. The van der Waals surface area contributed by atoms with Crippen LogP contribution < -0.4 is 5.73 Å². The van der Waals surface area contributed by atoms with Crippen LogP contribution >= 0.6 is 0 Å². The van der Waals surface area contributed by atoms with Crippen LogP contribution in [0, 0.1) is 6.92 Å². The molecule has 2 rings (SSSR count). The van der Waals surface area contributed by atoms with Gasteiger partial charge in [-0.05, 0) is 19.8 Å². The van der Waals surface area contributed by atoms with Crippen molar-refractivity contribution in [3.05, 3.63) is 11.4 Å². The van der Waals surface area contributed by atoms with Crippen molar-refractivity contribution in [3.8, 4) is 0 Å². The number of hydrogen-bond acceptors (Lipinski definition) is 4. The summed E-state index contributed by atoms with van der Waals surface area (Å²) >= 11 is 0. The highest BCUT2D eigenvalue weighted by molar-refractivity contribution is 7.89. The first-order valence-electron chi connectivity index (χ1n) is 6.81. The van der Waals surface area contributed by atoms with Crippen molar-refractivity contribution in [2.75, 3.05) is 13.1 Å². The van der Waals surface area contributed by atoms with Crippen LogP contribution in [0.1, 0.15) is 43.5 Å². The van der Waals surface area contributed by atoms with E-state index in [4.69, 9.17) is 5.73 Å². The molecule has 1 saturated heterocycles. The Labute approximate surface area is 114 Å². The SMILES string of the molecule is Cc1[nH]nc(CN)c1S(=O)(=O)N1CCCCCCC1. The highest BCUT2D eigenvalue weighted by atomic mass is 32.2. The Bertz CT molecular complexity index is 516. The van der Waals surface area contributed by atoms with Crippen LogP contribution in [0.3, 0.4) is 0 Å². The van der Waals surface area contributed by atoms with Gasteiger partial charge in [0.1, 0.15) is 4.90 Å². The Morgan fingerprint density at radius 3 is 2.37 bits per heavy atom. The molecule has 0 aliphatic carbocycles. The van der Waals surface area contributed by atoms with Gasteiger partial charge in [0.05, 0.1) is 11.4 Å². The van der Waals surface area contributed by atoms with Gasteiger partial charge in [0.15, 0.2) is 0 Å². The number of nitrogens with one attached hydrogen (secondary N) is 1. The molecule has 6 nitrogen and oxygen atoms in total. The van der Waals surface area contributed by atoms with Gasteiger partial charge < -0.3 is 5.73 Å². The van der Waals surface area contributed by atoms with Crippen molar-refractivity contribution in [1.29, 1.82) is 0 Å². The lowest BCUT2D eigenvalue weighted by Gasteiger charge is -2.24. The minimum absolute atomic E-state index is 0.132. The van der Waals surface area contributed by atoms with Crippen LogP contribution in [0.25, 0.3) is 0 Å². The molecule has 1 aliphatic rings. The third kappa shape index (κ3) is 2.98. The Balaban J connectivity index is 2.31. The summed E-state index contributed by atoms with van der Waals surface area (Å²) < 4.78 is 27.0. The monoisotopic (exact) mass is 286 g/mol. The zero-order chi connectivity index (χ0) is 13.9. The molecule has 0 radical (unpaired) electrons. The molecule has 1 aromatic rings. The van der Waals surface area contributed by atoms with E-state index in [1.165, 1.54) is 6.42 Å². The summed E-state index contributed by atoms with van der Waals surface area (Å²) in [7, 11) is -3.47. The predicted octanol–water partition coefficient (Wildman–Crippen LogP) is 1.13.